The van der Waals surface area contributed by atoms with Crippen LogP contribution >= 0.6 is 43.2 Å². The topological polar surface area (TPSA) is 29.3 Å². The Morgan fingerprint density at radius 1 is 1.33 bits per heavy atom. The molecule has 1 aromatic heterocycles. The molecule has 2 heterocycles. The van der Waals surface area contributed by atoms with Gasteiger partial charge in [-0.3, -0.25) is 4.90 Å². The summed E-state index contributed by atoms with van der Waals surface area (Å²) >= 11 is 9.00. The molecule has 0 aliphatic carbocycles. The molecule has 120 valence electrons. The van der Waals surface area contributed by atoms with Gasteiger partial charge in [0.15, 0.2) is 0 Å². The lowest BCUT2D eigenvalue weighted by atomic mass is 9.77. The molecule has 2 atom stereocenters. The zero-order chi connectivity index (χ0) is 15.6. The Kier molecular flexibility index (Phi) is 6.35. The van der Waals surface area contributed by atoms with Crippen molar-refractivity contribution in [1.82, 2.24) is 4.90 Å². The smallest absolute Gasteiger partial charge is 0.0843 e. The zero-order valence-corrected chi connectivity index (χ0v) is 17.2. The van der Waals surface area contributed by atoms with Crippen molar-refractivity contribution in [2.24, 2.45) is 17.1 Å². The summed E-state index contributed by atoms with van der Waals surface area (Å²) in [5, 5.41) is 0. The van der Waals surface area contributed by atoms with Gasteiger partial charge in [0.2, 0.25) is 0 Å². The molecule has 0 spiro atoms. The molecule has 1 saturated heterocycles. The Hall–Kier alpha value is 0.580. The fourth-order valence-electron chi connectivity index (χ4n) is 3.27. The van der Waals surface area contributed by atoms with Crippen molar-refractivity contribution in [3.8, 4) is 0 Å². The molecule has 1 fully saturated rings. The van der Waals surface area contributed by atoms with Crippen LogP contribution in [0.5, 0.6) is 0 Å². The number of hydrogen-bond acceptors (Lipinski definition) is 3. The van der Waals surface area contributed by atoms with Crippen LogP contribution in [-0.2, 0) is 0 Å². The summed E-state index contributed by atoms with van der Waals surface area (Å²) in [4.78, 5) is 3.96. The van der Waals surface area contributed by atoms with Gasteiger partial charge in [0.1, 0.15) is 0 Å². The van der Waals surface area contributed by atoms with Gasteiger partial charge in [0.05, 0.1) is 9.83 Å². The molecule has 0 saturated carbocycles. The van der Waals surface area contributed by atoms with Gasteiger partial charge in [0.25, 0.3) is 0 Å². The van der Waals surface area contributed by atoms with Crippen LogP contribution in [0.4, 0.5) is 0 Å². The van der Waals surface area contributed by atoms with Gasteiger partial charge >= 0.3 is 0 Å². The van der Waals surface area contributed by atoms with Gasteiger partial charge in [-0.2, -0.15) is 0 Å². The predicted octanol–water partition coefficient (Wildman–Crippen LogP) is 5.42. The monoisotopic (exact) mass is 436 g/mol. The summed E-state index contributed by atoms with van der Waals surface area (Å²) in [6.07, 6.45) is 3.91. The summed E-state index contributed by atoms with van der Waals surface area (Å²) in [5.74, 6) is 0.822. The number of nitrogens with zero attached hydrogens (tertiary/aromatic N) is 1. The highest BCUT2D eigenvalue weighted by Crippen LogP contribution is 2.39. The largest absolute Gasteiger partial charge is 0.329 e. The van der Waals surface area contributed by atoms with Crippen molar-refractivity contribution in [1.29, 1.82) is 0 Å². The van der Waals surface area contributed by atoms with Crippen molar-refractivity contribution < 1.29 is 0 Å². The van der Waals surface area contributed by atoms with Crippen LogP contribution in [0.3, 0.4) is 0 Å². The standard InChI is InChI=1S/C16H26Br2N2S/c1-16(2,3)11-5-4-7-20(8-6-11)13(10-19)14-9-12(17)15(18)21-14/h9,11,13H,4-8,10,19H2,1-3H3. The molecule has 1 aromatic rings. The summed E-state index contributed by atoms with van der Waals surface area (Å²) in [6, 6.07) is 2.58. The van der Waals surface area contributed by atoms with Gasteiger partial charge in [0, 0.05) is 15.9 Å². The van der Waals surface area contributed by atoms with Gasteiger partial charge in [-0.25, -0.2) is 0 Å². The predicted molar refractivity (Wildman–Crippen MR) is 99.9 cm³/mol. The third-order valence-electron chi connectivity index (χ3n) is 4.64. The van der Waals surface area contributed by atoms with Gasteiger partial charge in [-0.05, 0) is 81.6 Å². The maximum Gasteiger partial charge on any atom is 0.0843 e. The van der Waals surface area contributed by atoms with E-state index in [1.54, 1.807) is 11.3 Å². The number of hydrogen-bond donors (Lipinski definition) is 1. The molecule has 21 heavy (non-hydrogen) atoms. The number of likely N-dealkylation sites (tertiary alicyclic amines) is 1. The van der Waals surface area contributed by atoms with Gasteiger partial charge < -0.3 is 5.73 Å². The Labute approximate surface area is 149 Å². The quantitative estimate of drug-likeness (QED) is 0.683. The summed E-state index contributed by atoms with van der Waals surface area (Å²) in [6.45, 7) is 10.2. The molecule has 0 aromatic carbocycles. The third kappa shape index (κ3) is 4.54. The average Bonchev–Trinajstić information content (AvgIpc) is 2.63. The van der Waals surface area contributed by atoms with E-state index in [0.717, 1.165) is 16.9 Å². The van der Waals surface area contributed by atoms with Crippen molar-refractivity contribution in [2.45, 2.75) is 46.1 Å². The summed E-state index contributed by atoms with van der Waals surface area (Å²) in [7, 11) is 0. The first-order valence-corrected chi connectivity index (χ1v) is 10.1. The van der Waals surface area contributed by atoms with Crippen LogP contribution in [0.25, 0.3) is 0 Å². The Balaban J connectivity index is 2.09. The first-order chi connectivity index (χ1) is 9.82. The van der Waals surface area contributed by atoms with E-state index >= 15 is 0 Å². The van der Waals surface area contributed by atoms with E-state index in [0.29, 0.717) is 18.0 Å². The van der Waals surface area contributed by atoms with Crippen LogP contribution in [0.2, 0.25) is 0 Å². The second-order valence-corrected chi connectivity index (χ2v) is 10.3. The van der Waals surface area contributed by atoms with E-state index in [2.05, 4.69) is 63.6 Å². The van der Waals surface area contributed by atoms with Crippen LogP contribution in [0.1, 0.15) is 51.0 Å². The van der Waals surface area contributed by atoms with E-state index < -0.39 is 0 Å². The molecular weight excluding hydrogens is 412 g/mol. The van der Waals surface area contributed by atoms with Crippen LogP contribution in [-0.4, -0.2) is 24.5 Å². The summed E-state index contributed by atoms with van der Waals surface area (Å²) in [5.41, 5.74) is 6.52. The third-order valence-corrected chi connectivity index (χ3v) is 8.00. The number of nitrogens with two attached hydrogens (primary N) is 1. The second-order valence-electron chi connectivity index (χ2n) is 7.05. The fourth-order valence-corrected chi connectivity index (χ4v) is 5.51. The number of halogens is 2. The molecule has 5 heteroatoms. The van der Waals surface area contributed by atoms with Crippen molar-refractivity contribution in [3.63, 3.8) is 0 Å². The van der Waals surface area contributed by atoms with E-state index in [1.807, 2.05) is 0 Å². The van der Waals surface area contributed by atoms with E-state index in [1.165, 1.54) is 34.5 Å². The normalized spacial score (nSPS) is 23.0. The Morgan fingerprint density at radius 2 is 2.05 bits per heavy atom. The SMILES string of the molecule is CC(C)(C)C1CCCN(C(CN)c2cc(Br)c(Br)s2)CC1. The highest BCUT2D eigenvalue weighted by molar-refractivity contribution is 9.13. The van der Waals surface area contributed by atoms with Crippen molar-refractivity contribution in [2.75, 3.05) is 19.6 Å². The first kappa shape index (κ1) is 17.9. The van der Waals surface area contributed by atoms with E-state index in [4.69, 9.17) is 5.73 Å². The number of rotatable bonds is 3. The Bertz CT molecular complexity index is 448. The van der Waals surface area contributed by atoms with E-state index in [9.17, 15) is 0 Å². The lowest BCUT2D eigenvalue weighted by Crippen LogP contribution is -2.34. The second kappa shape index (κ2) is 7.43. The highest BCUT2D eigenvalue weighted by atomic mass is 79.9. The molecule has 1 aliphatic rings. The van der Waals surface area contributed by atoms with Crippen LogP contribution < -0.4 is 5.73 Å². The van der Waals surface area contributed by atoms with E-state index in [-0.39, 0.29) is 0 Å². The lowest BCUT2D eigenvalue weighted by Gasteiger charge is -2.31. The molecule has 2 rings (SSSR count). The Morgan fingerprint density at radius 3 is 2.57 bits per heavy atom. The fraction of sp³-hybridized carbons (Fsp3) is 0.750. The summed E-state index contributed by atoms with van der Waals surface area (Å²) < 4.78 is 2.31. The van der Waals surface area contributed by atoms with Crippen LogP contribution in [0, 0.1) is 11.3 Å². The van der Waals surface area contributed by atoms with Gasteiger partial charge in [-0.1, -0.05) is 20.8 Å². The molecule has 0 radical (unpaired) electrons. The maximum atomic E-state index is 6.10. The zero-order valence-electron chi connectivity index (χ0n) is 13.2. The number of thiophene rings is 1. The molecule has 2 N–H and O–H groups in total. The minimum Gasteiger partial charge on any atom is -0.329 e. The molecule has 2 nitrogen and oxygen atoms in total. The first-order valence-electron chi connectivity index (χ1n) is 7.71. The molecule has 0 bridgehead atoms. The van der Waals surface area contributed by atoms with Crippen LogP contribution in [0.15, 0.2) is 14.3 Å². The lowest BCUT2D eigenvalue weighted by molar-refractivity contribution is 0.186. The highest BCUT2D eigenvalue weighted by Gasteiger charge is 2.30. The molecule has 0 amide bonds. The van der Waals surface area contributed by atoms with Gasteiger partial charge in [-0.15, -0.1) is 11.3 Å². The molecule has 2 unspecified atom stereocenters. The maximum absolute atomic E-state index is 6.10. The minimum atomic E-state index is 0.358. The van der Waals surface area contributed by atoms with Crippen molar-refractivity contribution >= 4 is 43.2 Å². The average molecular weight is 438 g/mol. The molecule has 1 aliphatic heterocycles. The minimum absolute atomic E-state index is 0.358. The van der Waals surface area contributed by atoms with Crippen molar-refractivity contribution in [3.05, 3.63) is 19.2 Å². The molecular formula is C16H26Br2N2S.